The molecule has 2 aliphatic carbocycles. The fraction of sp³-hybridized carbons (Fsp3) is 0.423. The minimum absolute atomic E-state index is 0.0387. The molecule has 1 aliphatic heterocycles. The van der Waals surface area contributed by atoms with Gasteiger partial charge in [0.15, 0.2) is 0 Å². The molecule has 1 aromatic carbocycles. The Balaban J connectivity index is 0.968. The van der Waals surface area contributed by atoms with E-state index in [0.29, 0.717) is 43.3 Å². The van der Waals surface area contributed by atoms with Crippen molar-refractivity contribution in [3.8, 4) is 0 Å². The number of nitrogens with one attached hydrogen (secondary N) is 2. The van der Waals surface area contributed by atoms with Crippen LogP contribution < -0.4 is 5.32 Å². The second kappa shape index (κ2) is 9.06. The van der Waals surface area contributed by atoms with Crippen LogP contribution in [0.25, 0.3) is 0 Å². The summed E-state index contributed by atoms with van der Waals surface area (Å²) >= 11 is 0. The molecule has 0 unspecified atom stereocenters. The van der Waals surface area contributed by atoms with Crippen LogP contribution in [0.4, 0.5) is 5.95 Å². The molecule has 11 heteroatoms. The summed E-state index contributed by atoms with van der Waals surface area (Å²) in [4.78, 5) is 24.0. The van der Waals surface area contributed by atoms with E-state index in [0.717, 1.165) is 54.7 Å². The molecular weight excluding hydrogens is 470 g/mol. The van der Waals surface area contributed by atoms with Crippen molar-refractivity contribution in [2.24, 2.45) is 0 Å². The Morgan fingerprint density at radius 3 is 2.78 bits per heavy atom. The zero-order valence-electron chi connectivity index (χ0n) is 20.4. The third-order valence-electron chi connectivity index (χ3n) is 7.69. The van der Waals surface area contributed by atoms with Gasteiger partial charge in [-0.25, -0.2) is 9.97 Å². The van der Waals surface area contributed by atoms with Gasteiger partial charge in [0.25, 0.3) is 0 Å². The van der Waals surface area contributed by atoms with Crippen LogP contribution in [0.15, 0.2) is 34.9 Å². The van der Waals surface area contributed by atoms with E-state index in [-0.39, 0.29) is 18.2 Å². The molecule has 3 aliphatic rings. The molecule has 4 heterocycles. The summed E-state index contributed by atoms with van der Waals surface area (Å²) in [6.45, 7) is 1.09. The number of hydrogen-bond donors (Lipinski definition) is 2. The highest BCUT2D eigenvalue weighted by molar-refractivity contribution is 5.78. The molecule has 1 amide bonds. The highest BCUT2D eigenvalue weighted by atomic mass is 16.4. The molecule has 0 bridgehead atoms. The molecule has 0 spiro atoms. The van der Waals surface area contributed by atoms with E-state index in [2.05, 4.69) is 60.2 Å². The Labute approximate surface area is 213 Å². The monoisotopic (exact) mass is 497 g/mol. The summed E-state index contributed by atoms with van der Waals surface area (Å²) in [6.07, 6.45) is 7.16. The summed E-state index contributed by atoms with van der Waals surface area (Å²) in [6, 6.07) is 8.92. The van der Waals surface area contributed by atoms with E-state index >= 15 is 0 Å². The quantitative estimate of drug-likeness (QED) is 0.424. The second-order valence-electron chi connectivity index (χ2n) is 10.1. The first-order valence-corrected chi connectivity index (χ1v) is 12.8. The number of hydrogen-bond acceptors (Lipinski definition) is 9. The fourth-order valence-electron chi connectivity index (χ4n) is 5.70. The van der Waals surface area contributed by atoms with E-state index in [1.165, 1.54) is 11.1 Å². The zero-order valence-corrected chi connectivity index (χ0v) is 20.4. The van der Waals surface area contributed by atoms with E-state index < -0.39 is 0 Å². The standard InChI is InChI=1S/C26H27N9O2/c36-24(35-8-7-21-22(14-35)31-34-30-21)12-23-32-33-25(37-23)17-5-6-20-18(9-17)13-27-26(29-20)28-19-10-15-3-1-2-4-16(15)11-19/h1-4,13,17,19H,5-12,14H2,(H,27,28,29)(H,30,31,34)/t17-/m0/s1. The number of anilines is 1. The van der Waals surface area contributed by atoms with Crippen LogP contribution in [0.1, 0.15) is 57.9 Å². The molecule has 0 fully saturated rings. The van der Waals surface area contributed by atoms with Crippen LogP contribution in [-0.2, 0) is 49.9 Å². The van der Waals surface area contributed by atoms with Crippen LogP contribution in [-0.4, -0.2) is 59.0 Å². The highest BCUT2D eigenvalue weighted by Gasteiger charge is 2.29. The third kappa shape index (κ3) is 4.34. The minimum Gasteiger partial charge on any atom is -0.424 e. The topological polar surface area (TPSA) is 139 Å². The van der Waals surface area contributed by atoms with Crippen molar-refractivity contribution in [3.05, 3.63) is 76.0 Å². The van der Waals surface area contributed by atoms with Gasteiger partial charge in [0.1, 0.15) is 6.42 Å². The van der Waals surface area contributed by atoms with Gasteiger partial charge < -0.3 is 14.6 Å². The van der Waals surface area contributed by atoms with Crippen molar-refractivity contribution >= 4 is 11.9 Å². The molecular formula is C26H27N9O2. The number of amides is 1. The number of benzene rings is 1. The normalized spacial score (nSPS) is 18.8. The van der Waals surface area contributed by atoms with Crippen LogP contribution in [0, 0.1) is 0 Å². The lowest BCUT2D eigenvalue weighted by Gasteiger charge is -2.25. The number of aromatic amines is 1. The number of H-pyrrole nitrogens is 1. The van der Waals surface area contributed by atoms with Gasteiger partial charge in [-0.2, -0.15) is 0 Å². The third-order valence-corrected chi connectivity index (χ3v) is 7.69. The molecule has 0 radical (unpaired) electrons. The first kappa shape index (κ1) is 22.1. The molecule has 2 N–H and O–H groups in total. The van der Waals surface area contributed by atoms with E-state index in [9.17, 15) is 4.79 Å². The average molecular weight is 498 g/mol. The number of rotatable bonds is 5. The predicted molar refractivity (Wildman–Crippen MR) is 132 cm³/mol. The lowest BCUT2D eigenvalue weighted by atomic mass is 9.87. The molecule has 7 rings (SSSR count). The lowest BCUT2D eigenvalue weighted by molar-refractivity contribution is -0.131. The second-order valence-corrected chi connectivity index (χ2v) is 10.1. The maximum atomic E-state index is 12.8. The molecule has 11 nitrogen and oxygen atoms in total. The largest absolute Gasteiger partial charge is 0.424 e. The maximum Gasteiger partial charge on any atom is 0.232 e. The molecule has 3 aromatic heterocycles. The van der Waals surface area contributed by atoms with Gasteiger partial charge in [-0.1, -0.05) is 29.5 Å². The lowest BCUT2D eigenvalue weighted by Crippen LogP contribution is -2.37. The smallest absolute Gasteiger partial charge is 0.232 e. The molecule has 0 saturated heterocycles. The summed E-state index contributed by atoms with van der Waals surface area (Å²) in [7, 11) is 0. The number of aryl methyl sites for hydroxylation is 1. The summed E-state index contributed by atoms with van der Waals surface area (Å²) in [5.41, 5.74) is 6.82. The zero-order chi connectivity index (χ0) is 24.8. The van der Waals surface area contributed by atoms with E-state index in [1.807, 2.05) is 6.20 Å². The van der Waals surface area contributed by atoms with Gasteiger partial charge in [-0.3, -0.25) is 9.89 Å². The Hall–Kier alpha value is -4.15. The molecule has 37 heavy (non-hydrogen) atoms. The number of fused-ring (bicyclic) bond motifs is 3. The van der Waals surface area contributed by atoms with Gasteiger partial charge >= 0.3 is 0 Å². The molecule has 1 atom stereocenters. The Bertz CT molecular complexity index is 1440. The van der Waals surface area contributed by atoms with Crippen molar-refractivity contribution in [3.63, 3.8) is 0 Å². The Morgan fingerprint density at radius 2 is 1.92 bits per heavy atom. The summed E-state index contributed by atoms with van der Waals surface area (Å²) < 4.78 is 5.94. The van der Waals surface area contributed by atoms with Gasteiger partial charge in [0.05, 0.1) is 17.9 Å². The van der Waals surface area contributed by atoms with Gasteiger partial charge in [0.2, 0.25) is 23.6 Å². The maximum absolute atomic E-state index is 12.8. The molecule has 188 valence electrons. The average Bonchev–Trinajstić information content (AvgIpc) is 3.67. The SMILES string of the molecule is O=C(Cc1nnc([C@H]2CCc3nc(NC4Cc5ccccc5C4)ncc3C2)o1)N1CCc2nn[nH]c2C1. The van der Waals surface area contributed by atoms with Crippen LogP contribution in [0.5, 0.6) is 0 Å². The Morgan fingerprint density at radius 1 is 1.05 bits per heavy atom. The van der Waals surface area contributed by atoms with Crippen molar-refractivity contribution < 1.29 is 9.21 Å². The first-order chi connectivity index (χ1) is 18.2. The fourth-order valence-corrected chi connectivity index (χ4v) is 5.70. The van der Waals surface area contributed by atoms with Crippen LogP contribution in [0.2, 0.25) is 0 Å². The van der Waals surface area contributed by atoms with Gasteiger partial charge in [0, 0.05) is 36.8 Å². The molecule has 4 aromatic rings. The van der Waals surface area contributed by atoms with Crippen molar-refractivity contribution in [1.82, 2.24) is 40.5 Å². The summed E-state index contributed by atoms with van der Waals surface area (Å²) in [5, 5.41) is 22.7. The number of aromatic nitrogens is 7. The van der Waals surface area contributed by atoms with Crippen molar-refractivity contribution in [2.75, 3.05) is 11.9 Å². The van der Waals surface area contributed by atoms with Gasteiger partial charge in [-0.05, 0) is 48.8 Å². The van der Waals surface area contributed by atoms with Crippen molar-refractivity contribution in [1.29, 1.82) is 0 Å². The minimum atomic E-state index is -0.0387. The van der Waals surface area contributed by atoms with E-state index in [1.54, 1.807) is 4.90 Å². The summed E-state index contributed by atoms with van der Waals surface area (Å²) in [5.74, 6) is 1.70. The van der Waals surface area contributed by atoms with Crippen LogP contribution in [0.3, 0.4) is 0 Å². The highest BCUT2D eigenvalue weighted by Crippen LogP contribution is 2.32. The van der Waals surface area contributed by atoms with Crippen molar-refractivity contribution in [2.45, 2.75) is 63.5 Å². The Kier molecular flexibility index (Phi) is 5.40. The number of carbonyl (C=O) groups excluding carboxylic acids is 1. The van der Waals surface area contributed by atoms with Crippen LogP contribution >= 0.6 is 0 Å². The number of nitrogens with zero attached hydrogens (tertiary/aromatic N) is 7. The first-order valence-electron chi connectivity index (χ1n) is 12.8. The van der Waals surface area contributed by atoms with E-state index in [4.69, 9.17) is 9.40 Å². The van der Waals surface area contributed by atoms with Gasteiger partial charge in [-0.15, -0.1) is 15.3 Å². The predicted octanol–water partition coefficient (Wildman–Crippen LogP) is 1.96. The number of carbonyl (C=O) groups is 1. The molecule has 0 saturated carbocycles.